The predicted molar refractivity (Wildman–Crippen MR) is 40.6 cm³/mol. The fourth-order valence-electron chi connectivity index (χ4n) is 0.364. The van der Waals surface area contributed by atoms with Gasteiger partial charge in [-0.15, -0.1) is 0 Å². The molecule has 3 nitrogen and oxygen atoms in total. The molecular weight excluding hydrogens is 191 g/mol. The van der Waals surface area contributed by atoms with Gasteiger partial charge in [0.2, 0.25) is 0 Å². The highest BCUT2D eigenvalue weighted by Crippen LogP contribution is 2.14. The largest absolute Gasteiger partial charge is 0.408 e. The van der Waals surface area contributed by atoms with Crippen LogP contribution in [0.1, 0.15) is 0 Å². The molecule has 0 fully saturated rings. The SMILES string of the molecule is CSC(=NCC(F)(F)F)NC#N. The van der Waals surface area contributed by atoms with Gasteiger partial charge in [0.25, 0.3) is 0 Å². The molecule has 7 heteroatoms. The number of nitrogens with one attached hydrogen (secondary N) is 1. The molecule has 0 bridgehead atoms. The molecule has 0 aliphatic carbocycles. The molecule has 12 heavy (non-hydrogen) atoms. The number of halogens is 3. The van der Waals surface area contributed by atoms with Crippen molar-refractivity contribution in [1.82, 2.24) is 5.32 Å². The summed E-state index contributed by atoms with van der Waals surface area (Å²) in [4.78, 5) is 3.12. The number of nitrogens with zero attached hydrogens (tertiary/aromatic N) is 2. The standard InChI is InChI=1S/C5H6F3N3S/c1-12-4(11-3-9)10-2-5(6,7)8/h2H2,1H3,(H,10,11). The number of alkyl halides is 3. The van der Waals surface area contributed by atoms with Crippen LogP contribution in [0.5, 0.6) is 0 Å². The van der Waals surface area contributed by atoms with E-state index in [-0.39, 0.29) is 5.17 Å². The first-order valence-electron chi connectivity index (χ1n) is 2.80. The second-order valence-electron chi connectivity index (χ2n) is 1.68. The van der Waals surface area contributed by atoms with E-state index in [4.69, 9.17) is 5.26 Å². The van der Waals surface area contributed by atoms with Crippen LogP contribution in [0.25, 0.3) is 0 Å². The topological polar surface area (TPSA) is 48.2 Å². The smallest absolute Gasteiger partial charge is 0.272 e. The van der Waals surface area contributed by atoms with E-state index in [0.717, 1.165) is 11.8 Å². The molecule has 0 aliphatic rings. The summed E-state index contributed by atoms with van der Waals surface area (Å²) in [6.45, 7) is -1.27. The highest BCUT2D eigenvalue weighted by molar-refractivity contribution is 8.13. The van der Waals surface area contributed by atoms with Gasteiger partial charge in [-0.25, -0.2) is 0 Å². The molecule has 0 saturated heterocycles. The Morgan fingerprint density at radius 1 is 1.67 bits per heavy atom. The third-order valence-corrected chi connectivity index (χ3v) is 1.38. The van der Waals surface area contributed by atoms with Crippen LogP contribution in [0.15, 0.2) is 4.99 Å². The maximum atomic E-state index is 11.6. The van der Waals surface area contributed by atoms with Crippen LogP contribution in [-0.4, -0.2) is 24.1 Å². The number of aliphatic imine (C=N–C) groups is 1. The predicted octanol–water partition coefficient (Wildman–Crippen LogP) is 1.34. The van der Waals surface area contributed by atoms with Crippen molar-refractivity contribution in [2.24, 2.45) is 4.99 Å². The van der Waals surface area contributed by atoms with Crippen molar-refractivity contribution >= 4 is 16.9 Å². The number of nitriles is 1. The van der Waals surface area contributed by atoms with Crippen molar-refractivity contribution in [2.45, 2.75) is 6.18 Å². The molecule has 0 radical (unpaired) electrons. The van der Waals surface area contributed by atoms with Gasteiger partial charge in [-0.3, -0.25) is 10.3 Å². The third-order valence-electron chi connectivity index (χ3n) is 0.758. The van der Waals surface area contributed by atoms with Gasteiger partial charge < -0.3 is 0 Å². The quantitative estimate of drug-likeness (QED) is 0.298. The molecule has 0 aromatic carbocycles. The van der Waals surface area contributed by atoms with E-state index in [0.29, 0.717) is 0 Å². The van der Waals surface area contributed by atoms with Gasteiger partial charge in [0.15, 0.2) is 11.4 Å². The lowest BCUT2D eigenvalue weighted by Crippen LogP contribution is -2.18. The van der Waals surface area contributed by atoms with Crippen molar-refractivity contribution in [3.8, 4) is 6.19 Å². The van der Waals surface area contributed by atoms with E-state index in [1.165, 1.54) is 12.4 Å². The minimum absolute atomic E-state index is 0.0326. The first-order chi connectivity index (χ1) is 5.49. The number of rotatable bonds is 1. The number of thioether (sulfide) groups is 1. The summed E-state index contributed by atoms with van der Waals surface area (Å²) in [6, 6.07) is 0. The van der Waals surface area contributed by atoms with Gasteiger partial charge >= 0.3 is 6.18 Å². The molecular formula is C5H6F3N3S. The lowest BCUT2D eigenvalue weighted by Gasteiger charge is -2.02. The van der Waals surface area contributed by atoms with Crippen LogP contribution >= 0.6 is 11.8 Å². The molecule has 0 amide bonds. The minimum Gasteiger partial charge on any atom is -0.272 e. The minimum atomic E-state index is -4.32. The molecule has 68 valence electrons. The highest BCUT2D eigenvalue weighted by atomic mass is 32.2. The fraction of sp³-hybridized carbons (Fsp3) is 0.600. The average Bonchev–Trinajstić information content (AvgIpc) is 1.96. The molecule has 0 heterocycles. The molecule has 0 spiro atoms. The Bertz CT molecular complexity index is 205. The Morgan fingerprint density at radius 3 is 2.58 bits per heavy atom. The van der Waals surface area contributed by atoms with Crippen molar-refractivity contribution < 1.29 is 13.2 Å². The number of hydrogen-bond acceptors (Lipinski definition) is 3. The summed E-state index contributed by atoms with van der Waals surface area (Å²) >= 11 is 0.952. The first-order valence-corrected chi connectivity index (χ1v) is 4.02. The van der Waals surface area contributed by atoms with E-state index in [9.17, 15) is 13.2 Å². The summed E-state index contributed by atoms with van der Waals surface area (Å²) < 4.78 is 34.7. The van der Waals surface area contributed by atoms with Crippen LogP contribution in [0.3, 0.4) is 0 Å². The van der Waals surface area contributed by atoms with E-state index in [1.54, 1.807) is 0 Å². The van der Waals surface area contributed by atoms with Crippen LogP contribution < -0.4 is 5.32 Å². The second-order valence-corrected chi connectivity index (χ2v) is 2.47. The van der Waals surface area contributed by atoms with Gasteiger partial charge in [-0.2, -0.15) is 18.4 Å². The Labute approximate surface area is 71.7 Å². The van der Waals surface area contributed by atoms with Gasteiger partial charge in [0.05, 0.1) is 0 Å². The summed E-state index contributed by atoms with van der Waals surface area (Å²) in [7, 11) is 0. The Balaban J connectivity index is 4.05. The van der Waals surface area contributed by atoms with Crippen molar-refractivity contribution in [1.29, 1.82) is 5.26 Å². The maximum absolute atomic E-state index is 11.6. The van der Waals surface area contributed by atoms with Gasteiger partial charge in [-0.05, 0) is 6.26 Å². The number of hydrogen-bond donors (Lipinski definition) is 1. The van der Waals surface area contributed by atoms with Crippen molar-refractivity contribution in [2.75, 3.05) is 12.8 Å². The van der Waals surface area contributed by atoms with Crippen LogP contribution in [0, 0.1) is 11.5 Å². The Kier molecular flexibility index (Phi) is 4.51. The summed E-state index contributed by atoms with van der Waals surface area (Å²) in [5.74, 6) is 0. The molecule has 0 aromatic heterocycles. The monoisotopic (exact) mass is 197 g/mol. The lowest BCUT2D eigenvalue weighted by molar-refractivity contribution is -0.118. The molecule has 0 aliphatic heterocycles. The normalized spacial score (nSPS) is 12.4. The van der Waals surface area contributed by atoms with Crippen molar-refractivity contribution in [3.05, 3.63) is 0 Å². The summed E-state index contributed by atoms with van der Waals surface area (Å²) in [5, 5.41) is 10.1. The first kappa shape index (κ1) is 11.1. The third kappa shape index (κ3) is 5.85. The Hall–Kier alpha value is -0.900. The Morgan fingerprint density at radius 2 is 2.25 bits per heavy atom. The van der Waals surface area contributed by atoms with Crippen LogP contribution in [-0.2, 0) is 0 Å². The van der Waals surface area contributed by atoms with E-state index in [1.807, 2.05) is 5.32 Å². The molecule has 0 saturated carbocycles. The molecule has 0 unspecified atom stereocenters. The maximum Gasteiger partial charge on any atom is 0.408 e. The fourth-order valence-corrected chi connectivity index (χ4v) is 0.706. The van der Waals surface area contributed by atoms with E-state index >= 15 is 0 Å². The molecule has 0 atom stereocenters. The second kappa shape index (κ2) is 4.87. The van der Waals surface area contributed by atoms with E-state index in [2.05, 4.69) is 4.99 Å². The summed E-state index contributed by atoms with van der Waals surface area (Å²) in [6.07, 6.45) is -1.31. The van der Waals surface area contributed by atoms with Gasteiger partial charge in [-0.1, -0.05) is 11.8 Å². The molecule has 1 N–H and O–H groups in total. The zero-order valence-electron chi connectivity index (χ0n) is 6.14. The van der Waals surface area contributed by atoms with Gasteiger partial charge in [0.1, 0.15) is 6.54 Å². The molecule has 0 rings (SSSR count). The van der Waals surface area contributed by atoms with Crippen LogP contribution in [0.2, 0.25) is 0 Å². The summed E-state index contributed by atoms with van der Waals surface area (Å²) in [5.41, 5.74) is 0. The lowest BCUT2D eigenvalue weighted by atomic mass is 10.7. The zero-order chi connectivity index (χ0) is 9.61. The van der Waals surface area contributed by atoms with E-state index < -0.39 is 12.7 Å². The number of amidine groups is 1. The molecule has 0 aromatic rings. The highest BCUT2D eigenvalue weighted by Gasteiger charge is 2.26. The zero-order valence-corrected chi connectivity index (χ0v) is 6.96. The van der Waals surface area contributed by atoms with Gasteiger partial charge in [0, 0.05) is 0 Å². The average molecular weight is 197 g/mol. The van der Waals surface area contributed by atoms with Crippen molar-refractivity contribution in [3.63, 3.8) is 0 Å². The van der Waals surface area contributed by atoms with Crippen LogP contribution in [0.4, 0.5) is 13.2 Å².